The molecule has 0 aliphatic heterocycles. The highest BCUT2D eigenvalue weighted by molar-refractivity contribution is 6.03. The monoisotopic (exact) mass is 380 g/mol. The van der Waals surface area contributed by atoms with Gasteiger partial charge in [-0.2, -0.15) is 0 Å². The molecule has 5 nitrogen and oxygen atoms in total. The molecular formula is C21H18F2N4O. The lowest BCUT2D eigenvalue weighted by Crippen LogP contribution is -2.09. The molecule has 4 N–H and O–H groups in total. The van der Waals surface area contributed by atoms with Crippen LogP contribution in [0, 0.1) is 11.6 Å². The number of carbonyl (C=O) groups excluding carboxylic acids is 1. The van der Waals surface area contributed by atoms with Gasteiger partial charge in [-0.05, 0) is 53.6 Å². The number of aromatic nitrogens is 1. The molecule has 0 unspecified atom stereocenters. The second-order valence-electron chi connectivity index (χ2n) is 6.02. The molecule has 0 atom stereocenters. The van der Waals surface area contributed by atoms with Crippen LogP contribution < -0.4 is 16.4 Å². The standard InChI is InChI=1S/C21H18F2N4O/c22-16-9-15(10-17(23)11-16)13-26-20-7-5-14(12-25-20)6-8-21(28)27-19-4-2-1-3-18(19)24/h1-12H,13,24H2,(H,25,26)(H,27,28)/b8-6+. The van der Waals surface area contributed by atoms with E-state index in [9.17, 15) is 13.6 Å². The van der Waals surface area contributed by atoms with Gasteiger partial charge in [0.25, 0.3) is 0 Å². The van der Waals surface area contributed by atoms with Crippen LogP contribution in [0.1, 0.15) is 11.1 Å². The van der Waals surface area contributed by atoms with Crippen molar-refractivity contribution in [1.29, 1.82) is 0 Å². The minimum atomic E-state index is -0.624. The number of nitrogens with two attached hydrogens (primary N) is 1. The van der Waals surface area contributed by atoms with Gasteiger partial charge in [-0.1, -0.05) is 12.1 Å². The lowest BCUT2D eigenvalue weighted by atomic mass is 10.2. The maximum Gasteiger partial charge on any atom is 0.248 e. The highest BCUT2D eigenvalue weighted by atomic mass is 19.1. The Morgan fingerprint density at radius 3 is 2.50 bits per heavy atom. The molecule has 1 heterocycles. The van der Waals surface area contributed by atoms with Gasteiger partial charge in [0.15, 0.2) is 0 Å². The van der Waals surface area contributed by atoms with Crippen LogP contribution in [0.4, 0.5) is 26.0 Å². The average molecular weight is 380 g/mol. The summed E-state index contributed by atoms with van der Waals surface area (Å²) in [5.41, 5.74) is 8.01. The third kappa shape index (κ3) is 5.38. The van der Waals surface area contributed by atoms with Gasteiger partial charge in [-0.15, -0.1) is 0 Å². The predicted octanol–water partition coefficient (Wildman–Crippen LogP) is 4.21. The van der Waals surface area contributed by atoms with Crippen LogP contribution in [0.5, 0.6) is 0 Å². The quantitative estimate of drug-likeness (QED) is 0.442. The summed E-state index contributed by atoms with van der Waals surface area (Å²) < 4.78 is 26.4. The molecule has 0 aliphatic rings. The maximum atomic E-state index is 13.2. The third-order valence-electron chi connectivity index (χ3n) is 3.83. The smallest absolute Gasteiger partial charge is 0.248 e. The van der Waals surface area contributed by atoms with Gasteiger partial charge >= 0.3 is 0 Å². The number of nitrogens with zero attached hydrogens (tertiary/aromatic N) is 1. The number of amides is 1. The molecule has 0 saturated carbocycles. The number of anilines is 3. The van der Waals surface area contributed by atoms with Crippen LogP contribution in [-0.4, -0.2) is 10.9 Å². The van der Waals surface area contributed by atoms with Crippen LogP contribution >= 0.6 is 0 Å². The van der Waals surface area contributed by atoms with Crippen molar-refractivity contribution < 1.29 is 13.6 Å². The van der Waals surface area contributed by atoms with Crippen molar-refractivity contribution in [3.63, 3.8) is 0 Å². The maximum absolute atomic E-state index is 13.2. The van der Waals surface area contributed by atoms with Crippen molar-refractivity contribution >= 4 is 29.2 Å². The number of halogens is 2. The Kier molecular flexibility index (Phi) is 5.96. The van der Waals surface area contributed by atoms with E-state index in [1.54, 1.807) is 48.7 Å². The molecule has 0 spiro atoms. The average Bonchev–Trinajstić information content (AvgIpc) is 2.67. The minimum absolute atomic E-state index is 0.234. The van der Waals surface area contributed by atoms with E-state index >= 15 is 0 Å². The molecule has 0 radical (unpaired) electrons. The van der Waals surface area contributed by atoms with Crippen molar-refractivity contribution in [2.75, 3.05) is 16.4 Å². The summed E-state index contributed by atoms with van der Waals surface area (Å²) in [5.74, 6) is -1.02. The number of hydrogen-bond donors (Lipinski definition) is 3. The summed E-state index contributed by atoms with van der Waals surface area (Å²) in [4.78, 5) is 16.2. The fraction of sp³-hybridized carbons (Fsp3) is 0.0476. The predicted molar refractivity (Wildman–Crippen MR) is 106 cm³/mol. The Morgan fingerprint density at radius 2 is 1.82 bits per heavy atom. The third-order valence-corrected chi connectivity index (χ3v) is 3.83. The van der Waals surface area contributed by atoms with Gasteiger partial charge in [-0.25, -0.2) is 13.8 Å². The van der Waals surface area contributed by atoms with E-state index in [2.05, 4.69) is 15.6 Å². The first-order valence-corrected chi connectivity index (χ1v) is 8.48. The molecule has 2 aromatic carbocycles. The topological polar surface area (TPSA) is 80.0 Å². The Balaban J connectivity index is 1.55. The second-order valence-corrected chi connectivity index (χ2v) is 6.02. The van der Waals surface area contributed by atoms with E-state index in [1.165, 1.54) is 18.2 Å². The summed E-state index contributed by atoms with van der Waals surface area (Å²) >= 11 is 0. The summed E-state index contributed by atoms with van der Waals surface area (Å²) in [5, 5.41) is 5.68. The Labute approximate surface area is 160 Å². The molecule has 0 fully saturated rings. The number of pyridine rings is 1. The molecule has 7 heteroatoms. The first kappa shape index (κ1) is 19.0. The number of para-hydroxylation sites is 2. The Morgan fingerprint density at radius 1 is 1.07 bits per heavy atom. The van der Waals surface area contributed by atoms with Crippen LogP contribution in [0.25, 0.3) is 6.08 Å². The van der Waals surface area contributed by atoms with Gasteiger partial charge in [-0.3, -0.25) is 4.79 Å². The van der Waals surface area contributed by atoms with E-state index in [4.69, 9.17) is 5.73 Å². The summed E-state index contributed by atoms with van der Waals surface area (Å²) in [6.45, 7) is 0.234. The molecular weight excluding hydrogens is 362 g/mol. The number of hydrogen-bond acceptors (Lipinski definition) is 4. The van der Waals surface area contributed by atoms with E-state index in [0.717, 1.165) is 11.6 Å². The normalized spacial score (nSPS) is 10.8. The van der Waals surface area contributed by atoms with Crippen LogP contribution in [-0.2, 0) is 11.3 Å². The molecule has 0 aliphatic carbocycles. The minimum Gasteiger partial charge on any atom is -0.397 e. The highest BCUT2D eigenvalue weighted by Gasteiger charge is 2.03. The van der Waals surface area contributed by atoms with Crippen LogP contribution in [0.3, 0.4) is 0 Å². The van der Waals surface area contributed by atoms with Gasteiger partial charge < -0.3 is 16.4 Å². The van der Waals surface area contributed by atoms with Gasteiger partial charge in [0.1, 0.15) is 17.5 Å². The zero-order valence-electron chi connectivity index (χ0n) is 14.8. The van der Waals surface area contributed by atoms with Crippen molar-refractivity contribution in [2.24, 2.45) is 0 Å². The molecule has 3 rings (SSSR count). The van der Waals surface area contributed by atoms with Crippen molar-refractivity contribution in [3.8, 4) is 0 Å². The van der Waals surface area contributed by atoms with Crippen LogP contribution in [0.15, 0.2) is 66.9 Å². The lowest BCUT2D eigenvalue weighted by molar-refractivity contribution is -0.111. The summed E-state index contributed by atoms with van der Waals surface area (Å²) in [7, 11) is 0. The fourth-order valence-corrected chi connectivity index (χ4v) is 2.47. The molecule has 1 amide bonds. The highest BCUT2D eigenvalue weighted by Crippen LogP contribution is 2.17. The van der Waals surface area contributed by atoms with E-state index in [0.29, 0.717) is 22.8 Å². The number of rotatable bonds is 6. The summed E-state index contributed by atoms with van der Waals surface area (Å²) in [6, 6.07) is 13.8. The molecule has 1 aromatic heterocycles. The Bertz CT molecular complexity index is 983. The van der Waals surface area contributed by atoms with Gasteiger partial charge in [0.05, 0.1) is 11.4 Å². The van der Waals surface area contributed by atoms with E-state index < -0.39 is 11.6 Å². The SMILES string of the molecule is Nc1ccccc1NC(=O)/C=C/c1ccc(NCc2cc(F)cc(F)c2)nc1. The number of nitrogens with one attached hydrogen (secondary N) is 2. The van der Waals surface area contributed by atoms with Crippen molar-refractivity contribution in [1.82, 2.24) is 4.98 Å². The molecule has 142 valence electrons. The van der Waals surface area contributed by atoms with Crippen molar-refractivity contribution in [3.05, 3.63) is 89.6 Å². The first-order valence-electron chi connectivity index (χ1n) is 8.48. The molecule has 0 bridgehead atoms. The Hall–Kier alpha value is -3.74. The largest absolute Gasteiger partial charge is 0.397 e. The fourth-order valence-electron chi connectivity index (χ4n) is 2.47. The second kappa shape index (κ2) is 8.77. The molecule has 0 saturated heterocycles. The number of carbonyl (C=O) groups is 1. The zero-order chi connectivity index (χ0) is 19.9. The summed E-state index contributed by atoms with van der Waals surface area (Å²) in [6.07, 6.45) is 4.58. The first-order chi connectivity index (χ1) is 13.5. The zero-order valence-corrected chi connectivity index (χ0v) is 14.8. The number of nitrogen functional groups attached to an aromatic ring is 1. The lowest BCUT2D eigenvalue weighted by Gasteiger charge is -2.07. The van der Waals surface area contributed by atoms with Gasteiger partial charge in [0, 0.05) is 24.9 Å². The molecule has 3 aromatic rings. The molecule has 28 heavy (non-hydrogen) atoms. The van der Waals surface area contributed by atoms with Crippen LogP contribution in [0.2, 0.25) is 0 Å². The number of benzene rings is 2. The van der Waals surface area contributed by atoms with E-state index in [1.807, 2.05) is 0 Å². The van der Waals surface area contributed by atoms with Gasteiger partial charge in [0.2, 0.25) is 5.91 Å². The van der Waals surface area contributed by atoms with E-state index in [-0.39, 0.29) is 12.5 Å². The van der Waals surface area contributed by atoms with Crippen molar-refractivity contribution in [2.45, 2.75) is 6.54 Å².